The van der Waals surface area contributed by atoms with Crippen molar-refractivity contribution in [3.05, 3.63) is 47.5 Å². The summed E-state index contributed by atoms with van der Waals surface area (Å²) in [5.41, 5.74) is 1.15. The normalized spacial score (nSPS) is 22.7. The van der Waals surface area contributed by atoms with Crippen LogP contribution in [0.2, 0.25) is 0 Å². The summed E-state index contributed by atoms with van der Waals surface area (Å²) in [6, 6.07) is 5.72. The smallest absolute Gasteiger partial charge is 0.317 e. The second-order valence-electron chi connectivity index (χ2n) is 9.95. The van der Waals surface area contributed by atoms with Crippen molar-refractivity contribution in [3.8, 4) is 11.5 Å². The first kappa shape index (κ1) is 24.2. The largest absolute Gasteiger partial charge is 0.497 e. The lowest BCUT2D eigenvalue weighted by atomic mass is 9.73. The minimum atomic E-state index is -0.895. The van der Waals surface area contributed by atoms with Crippen LogP contribution in [-0.2, 0) is 27.2 Å². The van der Waals surface area contributed by atoms with Crippen molar-refractivity contribution < 1.29 is 23.8 Å². The number of aromatic nitrogens is 4. The summed E-state index contributed by atoms with van der Waals surface area (Å²) >= 11 is 0. The fraction of sp³-hybridized carbons (Fsp3) is 0.519. The Kier molecular flexibility index (Phi) is 6.64. The van der Waals surface area contributed by atoms with E-state index >= 15 is 0 Å². The van der Waals surface area contributed by atoms with Gasteiger partial charge in [-0.1, -0.05) is 18.9 Å². The molecule has 2 atom stereocenters. The molecule has 0 amide bonds. The van der Waals surface area contributed by atoms with Crippen LogP contribution in [-0.4, -0.2) is 51.2 Å². The number of esters is 1. The first-order chi connectivity index (χ1) is 17.4. The highest BCUT2D eigenvalue weighted by Crippen LogP contribution is 2.45. The molecular formula is C27H32N4O5. The zero-order valence-corrected chi connectivity index (χ0v) is 21.0. The van der Waals surface area contributed by atoms with Crippen LogP contribution < -0.4 is 9.47 Å². The molecule has 5 rings (SSSR count). The summed E-state index contributed by atoms with van der Waals surface area (Å²) in [6.45, 7) is 1.92. The van der Waals surface area contributed by atoms with Gasteiger partial charge >= 0.3 is 5.97 Å². The number of carbonyl (C=O) groups is 2. The number of cyclic esters (lactones) is 1. The predicted octanol–water partition coefficient (Wildman–Crippen LogP) is 3.69. The van der Waals surface area contributed by atoms with Gasteiger partial charge in [-0.3, -0.25) is 9.59 Å². The zero-order valence-electron chi connectivity index (χ0n) is 21.0. The molecule has 2 unspecified atom stereocenters. The molecule has 1 saturated heterocycles. The molecule has 9 heteroatoms. The fourth-order valence-electron chi connectivity index (χ4n) is 5.67. The van der Waals surface area contributed by atoms with Crippen LogP contribution >= 0.6 is 0 Å². The molecule has 36 heavy (non-hydrogen) atoms. The van der Waals surface area contributed by atoms with Gasteiger partial charge in [-0.15, -0.1) is 5.10 Å². The Morgan fingerprint density at radius 3 is 2.69 bits per heavy atom. The van der Waals surface area contributed by atoms with Gasteiger partial charge in [-0.25, -0.2) is 9.50 Å². The highest BCUT2D eigenvalue weighted by atomic mass is 16.6. The van der Waals surface area contributed by atoms with Gasteiger partial charge in [0, 0.05) is 31.3 Å². The molecule has 1 aromatic carbocycles. The maximum absolute atomic E-state index is 13.4. The van der Waals surface area contributed by atoms with Crippen LogP contribution in [0.3, 0.4) is 0 Å². The van der Waals surface area contributed by atoms with E-state index in [1.807, 2.05) is 31.3 Å². The van der Waals surface area contributed by atoms with Crippen LogP contribution in [0.4, 0.5) is 0 Å². The van der Waals surface area contributed by atoms with Crippen LogP contribution in [0.25, 0.3) is 5.78 Å². The van der Waals surface area contributed by atoms with Crippen LogP contribution in [0.1, 0.15) is 55.5 Å². The van der Waals surface area contributed by atoms with E-state index in [9.17, 15) is 9.59 Å². The lowest BCUT2D eigenvalue weighted by molar-refractivity contribution is -0.185. The summed E-state index contributed by atoms with van der Waals surface area (Å²) in [7, 11) is 3.25. The van der Waals surface area contributed by atoms with E-state index in [4.69, 9.17) is 14.2 Å². The second-order valence-corrected chi connectivity index (χ2v) is 9.95. The molecular weight excluding hydrogens is 460 g/mol. The lowest BCUT2D eigenvalue weighted by Gasteiger charge is -2.43. The lowest BCUT2D eigenvalue weighted by Crippen LogP contribution is -2.52. The number of benzene rings is 1. The van der Waals surface area contributed by atoms with Gasteiger partial charge in [0.25, 0.3) is 5.78 Å². The van der Waals surface area contributed by atoms with Gasteiger partial charge in [0.2, 0.25) is 0 Å². The second kappa shape index (κ2) is 9.87. The summed E-state index contributed by atoms with van der Waals surface area (Å²) in [4.78, 5) is 35.4. The van der Waals surface area contributed by atoms with Crippen LogP contribution in [0, 0.1) is 18.8 Å². The van der Waals surface area contributed by atoms with Crippen molar-refractivity contribution in [1.82, 2.24) is 19.6 Å². The number of methoxy groups -OCH3 is 2. The molecule has 0 radical (unpaired) electrons. The SMILES string of the molecule is COc1ccc(CCC2(C3CCCC3)CC(=O)C(Cc3nc4ncc(C)cn4n3)C(=O)O2)c(OC)c1. The highest BCUT2D eigenvalue weighted by Gasteiger charge is 2.51. The van der Waals surface area contributed by atoms with E-state index in [0.29, 0.717) is 30.2 Å². The highest BCUT2D eigenvalue weighted by molar-refractivity contribution is 6.01. The molecule has 1 aliphatic heterocycles. The fourth-order valence-corrected chi connectivity index (χ4v) is 5.67. The van der Waals surface area contributed by atoms with E-state index in [2.05, 4.69) is 15.1 Å². The van der Waals surface area contributed by atoms with Crippen molar-refractivity contribution in [2.45, 2.75) is 63.9 Å². The third-order valence-corrected chi connectivity index (χ3v) is 7.61. The first-order valence-electron chi connectivity index (χ1n) is 12.5. The van der Waals surface area contributed by atoms with E-state index in [1.165, 1.54) is 0 Å². The molecule has 190 valence electrons. The maximum Gasteiger partial charge on any atom is 0.317 e. The van der Waals surface area contributed by atoms with Gasteiger partial charge < -0.3 is 14.2 Å². The van der Waals surface area contributed by atoms with Crippen molar-refractivity contribution in [2.24, 2.45) is 11.8 Å². The molecule has 0 spiro atoms. The molecule has 3 heterocycles. The molecule has 3 aromatic rings. The van der Waals surface area contributed by atoms with E-state index < -0.39 is 17.5 Å². The van der Waals surface area contributed by atoms with Gasteiger partial charge in [0.1, 0.15) is 23.0 Å². The van der Waals surface area contributed by atoms with Crippen molar-refractivity contribution in [2.75, 3.05) is 14.2 Å². The summed E-state index contributed by atoms with van der Waals surface area (Å²) in [6.07, 6.45) is 9.17. The Balaban J connectivity index is 1.35. The summed E-state index contributed by atoms with van der Waals surface area (Å²) in [5.74, 6) is 1.02. The Hall–Kier alpha value is -3.49. The van der Waals surface area contributed by atoms with E-state index in [-0.39, 0.29) is 24.5 Å². The standard InChI is InChI=1S/C27H32N4O5/c1-17-15-28-26-29-24(30-31(26)16-17)13-21-22(32)14-27(36-25(21)33,19-6-4-5-7-19)11-10-18-8-9-20(34-2)12-23(18)35-3/h8-9,12,15-16,19,21H,4-7,10-11,13-14H2,1-3H3. The minimum absolute atomic E-state index is 0.0946. The Morgan fingerprint density at radius 1 is 1.17 bits per heavy atom. The van der Waals surface area contributed by atoms with Crippen molar-refractivity contribution in [3.63, 3.8) is 0 Å². The third-order valence-electron chi connectivity index (χ3n) is 7.61. The van der Waals surface area contributed by atoms with E-state index in [0.717, 1.165) is 42.6 Å². The number of fused-ring (bicyclic) bond motifs is 1. The quantitative estimate of drug-likeness (QED) is 0.346. The number of hydrogen-bond donors (Lipinski definition) is 0. The molecule has 1 saturated carbocycles. The topological polar surface area (TPSA) is 105 Å². The Morgan fingerprint density at radius 2 is 1.97 bits per heavy atom. The number of rotatable bonds is 8. The van der Waals surface area contributed by atoms with Gasteiger partial charge in [0.05, 0.1) is 14.2 Å². The molecule has 2 fully saturated rings. The number of Topliss-reactive ketones (excluding diaryl/α,β-unsaturated/α-hetero) is 1. The van der Waals surface area contributed by atoms with Crippen LogP contribution in [0.5, 0.6) is 11.5 Å². The molecule has 0 N–H and O–H groups in total. The number of carbonyl (C=O) groups excluding carboxylic acids is 2. The van der Waals surface area contributed by atoms with Gasteiger partial charge in [-0.05, 0) is 55.7 Å². The summed E-state index contributed by atoms with van der Waals surface area (Å²) < 4.78 is 18.7. The third kappa shape index (κ3) is 4.66. The molecule has 0 bridgehead atoms. The Labute approximate surface area is 210 Å². The number of ether oxygens (including phenoxy) is 3. The van der Waals surface area contributed by atoms with Gasteiger partial charge in [-0.2, -0.15) is 4.98 Å². The predicted molar refractivity (Wildman–Crippen MR) is 131 cm³/mol. The minimum Gasteiger partial charge on any atom is -0.497 e. The zero-order chi connectivity index (χ0) is 25.3. The monoisotopic (exact) mass is 492 g/mol. The van der Waals surface area contributed by atoms with Crippen LogP contribution in [0.15, 0.2) is 30.6 Å². The van der Waals surface area contributed by atoms with Crippen molar-refractivity contribution in [1.29, 1.82) is 0 Å². The maximum atomic E-state index is 13.4. The Bertz CT molecular complexity index is 1260. The first-order valence-corrected chi connectivity index (χ1v) is 12.5. The average molecular weight is 493 g/mol. The number of ketones is 1. The molecule has 1 aliphatic carbocycles. The number of hydrogen-bond acceptors (Lipinski definition) is 8. The van der Waals surface area contributed by atoms with Gasteiger partial charge in [0.15, 0.2) is 11.6 Å². The van der Waals surface area contributed by atoms with E-state index in [1.54, 1.807) is 24.9 Å². The molecule has 2 aliphatic rings. The summed E-state index contributed by atoms with van der Waals surface area (Å²) in [5, 5.41) is 4.42. The number of aryl methyl sites for hydroxylation is 2. The number of nitrogens with zero attached hydrogens (tertiary/aromatic N) is 4. The molecule has 2 aromatic heterocycles. The average Bonchev–Trinajstić information content (AvgIpc) is 3.55. The van der Waals surface area contributed by atoms with Crippen molar-refractivity contribution >= 4 is 17.5 Å². The molecule has 9 nitrogen and oxygen atoms in total.